The van der Waals surface area contributed by atoms with Crippen LogP contribution in [0.15, 0.2) is 23.1 Å². The molecule has 0 spiro atoms. The minimum atomic E-state index is 0.0243. The number of rotatable bonds is 0. The van der Waals surface area contributed by atoms with E-state index in [2.05, 4.69) is 4.98 Å². The van der Waals surface area contributed by atoms with E-state index in [0.717, 1.165) is 16.9 Å². The first-order valence-corrected chi connectivity index (χ1v) is 4.56. The number of hydrogen-bond acceptors (Lipinski definition) is 2. The van der Waals surface area contributed by atoms with E-state index < -0.39 is 0 Å². The summed E-state index contributed by atoms with van der Waals surface area (Å²) >= 11 is 0. The standard InChI is InChI=1S/C11H12N2O/c1-7-4-5-9(3)13-10(7)12-6-8(2)11(13)14/h4-6H,1-3H3. The molecule has 0 amide bonds. The van der Waals surface area contributed by atoms with Gasteiger partial charge in [-0.05, 0) is 32.4 Å². The van der Waals surface area contributed by atoms with E-state index in [0.29, 0.717) is 5.56 Å². The first kappa shape index (κ1) is 8.94. The second kappa shape index (κ2) is 2.94. The van der Waals surface area contributed by atoms with Crippen molar-refractivity contribution < 1.29 is 0 Å². The summed E-state index contributed by atoms with van der Waals surface area (Å²) in [6.45, 7) is 5.65. The summed E-state index contributed by atoms with van der Waals surface area (Å²) in [6, 6.07) is 3.91. The van der Waals surface area contributed by atoms with Crippen LogP contribution in [0, 0.1) is 20.8 Å². The van der Waals surface area contributed by atoms with Crippen molar-refractivity contribution in [2.75, 3.05) is 0 Å². The molecule has 14 heavy (non-hydrogen) atoms. The normalized spacial score (nSPS) is 10.8. The van der Waals surface area contributed by atoms with Crippen molar-refractivity contribution in [3.8, 4) is 0 Å². The van der Waals surface area contributed by atoms with Crippen LogP contribution in [0.2, 0.25) is 0 Å². The minimum Gasteiger partial charge on any atom is -0.269 e. The number of pyridine rings is 1. The maximum absolute atomic E-state index is 11.8. The lowest BCUT2D eigenvalue weighted by Crippen LogP contribution is -2.19. The SMILES string of the molecule is Cc1cnc2c(C)ccc(C)n2c1=O. The Bertz CT molecular complexity index is 555. The third-order valence-electron chi connectivity index (χ3n) is 2.41. The van der Waals surface area contributed by atoms with Gasteiger partial charge < -0.3 is 0 Å². The Labute approximate surface area is 82.0 Å². The van der Waals surface area contributed by atoms with Crippen LogP contribution in [0.4, 0.5) is 0 Å². The highest BCUT2D eigenvalue weighted by molar-refractivity contribution is 5.48. The zero-order valence-corrected chi connectivity index (χ0v) is 8.53. The van der Waals surface area contributed by atoms with Crippen molar-refractivity contribution in [1.29, 1.82) is 0 Å². The lowest BCUT2D eigenvalue weighted by Gasteiger charge is -2.06. The summed E-state index contributed by atoms with van der Waals surface area (Å²) in [5, 5.41) is 0. The van der Waals surface area contributed by atoms with Gasteiger partial charge in [0.2, 0.25) is 0 Å². The molecule has 0 bridgehead atoms. The van der Waals surface area contributed by atoms with Crippen LogP contribution in [0.5, 0.6) is 0 Å². The molecule has 0 unspecified atom stereocenters. The zero-order valence-electron chi connectivity index (χ0n) is 8.53. The van der Waals surface area contributed by atoms with Gasteiger partial charge in [-0.3, -0.25) is 9.20 Å². The molecule has 0 saturated heterocycles. The maximum atomic E-state index is 11.8. The van der Waals surface area contributed by atoms with E-state index in [-0.39, 0.29) is 5.56 Å². The molecule has 3 nitrogen and oxygen atoms in total. The monoisotopic (exact) mass is 188 g/mol. The van der Waals surface area contributed by atoms with Gasteiger partial charge in [-0.2, -0.15) is 0 Å². The molecule has 3 heteroatoms. The Balaban J connectivity index is 3.09. The van der Waals surface area contributed by atoms with Crippen molar-refractivity contribution in [3.63, 3.8) is 0 Å². The largest absolute Gasteiger partial charge is 0.269 e. The van der Waals surface area contributed by atoms with Gasteiger partial charge in [-0.1, -0.05) is 6.07 Å². The highest BCUT2D eigenvalue weighted by Gasteiger charge is 2.04. The molecule has 2 rings (SSSR count). The van der Waals surface area contributed by atoms with Gasteiger partial charge in [0.1, 0.15) is 5.65 Å². The molecule has 0 N–H and O–H groups in total. The maximum Gasteiger partial charge on any atom is 0.260 e. The molecule has 0 aliphatic rings. The predicted octanol–water partition coefficient (Wildman–Crippen LogP) is 1.62. The number of nitrogens with zero attached hydrogens (tertiary/aromatic N) is 2. The van der Waals surface area contributed by atoms with Crippen molar-refractivity contribution in [2.24, 2.45) is 0 Å². The summed E-state index contributed by atoms with van der Waals surface area (Å²) in [5.74, 6) is 0. The molecule has 72 valence electrons. The number of hydrogen-bond donors (Lipinski definition) is 0. The Morgan fingerprint density at radius 1 is 1.14 bits per heavy atom. The van der Waals surface area contributed by atoms with Crippen LogP contribution in [0.3, 0.4) is 0 Å². The smallest absolute Gasteiger partial charge is 0.260 e. The third-order valence-corrected chi connectivity index (χ3v) is 2.41. The Kier molecular flexibility index (Phi) is 1.88. The van der Waals surface area contributed by atoms with Crippen LogP contribution >= 0.6 is 0 Å². The van der Waals surface area contributed by atoms with Crippen molar-refractivity contribution in [3.05, 3.63) is 45.5 Å². The van der Waals surface area contributed by atoms with Crippen LogP contribution in [0.25, 0.3) is 5.65 Å². The van der Waals surface area contributed by atoms with E-state index in [4.69, 9.17) is 0 Å². The fourth-order valence-corrected chi connectivity index (χ4v) is 1.54. The predicted molar refractivity (Wildman–Crippen MR) is 55.7 cm³/mol. The lowest BCUT2D eigenvalue weighted by atomic mass is 10.2. The molecule has 0 radical (unpaired) electrons. The second-order valence-corrected chi connectivity index (χ2v) is 3.56. The van der Waals surface area contributed by atoms with E-state index in [1.54, 1.807) is 17.5 Å². The highest BCUT2D eigenvalue weighted by atomic mass is 16.1. The summed E-state index contributed by atoms with van der Waals surface area (Å²) in [5.41, 5.74) is 3.40. The molecule has 2 aromatic heterocycles. The highest BCUT2D eigenvalue weighted by Crippen LogP contribution is 2.07. The van der Waals surface area contributed by atoms with Gasteiger partial charge in [0, 0.05) is 17.5 Å². The fourth-order valence-electron chi connectivity index (χ4n) is 1.54. The summed E-state index contributed by atoms with van der Waals surface area (Å²) in [7, 11) is 0. The van der Waals surface area contributed by atoms with Gasteiger partial charge in [-0.15, -0.1) is 0 Å². The molecule has 0 saturated carbocycles. The van der Waals surface area contributed by atoms with Crippen molar-refractivity contribution in [1.82, 2.24) is 9.38 Å². The molecule has 2 heterocycles. The minimum absolute atomic E-state index is 0.0243. The molecular formula is C11H12N2O. The third kappa shape index (κ3) is 1.13. The first-order chi connectivity index (χ1) is 6.61. The van der Waals surface area contributed by atoms with Crippen molar-refractivity contribution >= 4 is 5.65 Å². The van der Waals surface area contributed by atoms with Crippen LogP contribution in [0.1, 0.15) is 16.8 Å². The molecule has 0 aliphatic heterocycles. The van der Waals surface area contributed by atoms with E-state index in [1.807, 2.05) is 26.0 Å². The average Bonchev–Trinajstić information content (AvgIpc) is 2.16. The van der Waals surface area contributed by atoms with E-state index in [9.17, 15) is 4.79 Å². The Morgan fingerprint density at radius 2 is 1.86 bits per heavy atom. The van der Waals surface area contributed by atoms with E-state index >= 15 is 0 Å². The molecule has 0 fully saturated rings. The van der Waals surface area contributed by atoms with Crippen LogP contribution < -0.4 is 5.56 Å². The lowest BCUT2D eigenvalue weighted by molar-refractivity contribution is 0.960. The summed E-state index contributed by atoms with van der Waals surface area (Å²) in [6.07, 6.45) is 1.63. The quantitative estimate of drug-likeness (QED) is 0.629. The molecular weight excluding hydrogens is 176 g/mol. The van der Waals surface area contributed by atoms with Gasteiger partial charge in [0.15, 0.2) is 0 Å². The van der Waals surface area contributed by atoms with Crippen molar-refractivity contribution in [2.45, 2.75) is 20.8 Å². The van der Waals surface area contributed by atoms with Crippen LogP contribution in [-0.2, 0) is 0 Å². The number of fused-ring (bicyclic) bond motifs is 1. The first-order valence-electron chi connectivity index (χ1n) is 4.56. The zero-order chi connectivity index (χ0) is 10.3. The average molecular weight is 188 g/mol. The molecule has 0 aromatic carbocycles. The number of aromatic nitrogens is 2. The summed E-state index contributed by atoms with van der Waals surface area (Å²) in [4.78, 5) is 16.1. The molecule has 2 aromatic rings. The fraction of sp³-hybridized carbons (Fsp3) is 0.273. The van der Waals surface area contributed by atoms with Gasteiger partial charge in [-0.25, -0.2) is 4.98 Å². The molecule has 0 atom stereocenters. The number of aryl methyl sites for hydroxylation is 3. The topological polar surface area (TPSA) is 34.4 Å². The van der Waals surface area contributed by atoms with E-state index in [1.165, 1.54) is 0 Å². The second-order valence-electron chi connectivity index (χ2n) is 3.56. The Morgan fingerprint density at radius 3 is 2.57 bits per heavy atom. The van der Waals surface area contributed by atoms with Gasteiger partial charge in [0.05, 0.1) is 0 Å². The molecule has 0 aliphatic carbocycles. The van der Waals surface area contributed by atoms with Gasteiger partial charge in [0.25, 0.3) is 5.56 Å². The van der Waals surface area contributed by atoms with Crippen LogP contribution in [-0.4, -0.2) is 9.38 Å². The van der Waals surface area contributed by atoms with Gasteiger partial charge >= 0.3 is 0 Å². The Hall–Kier alpha value is -1.64. The summed E-state index contributed by atoms with van der Waals surface area (Å²) < 4.78 is 1.66.